The molecule has 1 aliphatic carbocycles. The summed E-state index contributed by atoms with van der Waals surface area (Å²) in [5.41, 5.74) is 7.49. The summed E-state index contributed by atoms with van der Waals surface area (Å²) < 4.78 is 6.76. The highest BCUT2D eigenvalue weighted by molar-refractivity contribution is 6.03. The Labute approximate surface area is 182 Å². The lowest BCUT2D eigenvalue weighted by atomic mass is 9.68. The number of hydrogen-bond acceptors (Lipinski definition) is 6. The fourth-order valence-electron chi connectivity index (χ4n) is 5.20. The van der Waals surface area contributed by atoms with Crippen molar-refractivity contribution in [2.75, 3.05) is 13.7 Å². The molecule has 168 valence electrons. The third kappa shape index (κ3) is 3.93. The number of carbonyl (C=O) groups excluding carboxylic acids is 2. The molecule has 8 heteroatoms. The van der Waals surface area contributed by atoms with Crippen LogP contribution in [-0.4, -0.2) is 40.1 Å². The second-order valence-electron chi connectivity index (χ2n) is 9.42. The van der Waals surface area contributed by atoms with Crippen molar-refractivity contribution in [3.05, 3.63) is 29.7 Å². The molecule has 1 aliphatic heterocycles. The Bertz CT molecular complexity index is 955. The number of nitrogens with one attached hydrogen (secondary N) is 1. The number of amides is 1. The van der Waals surface area contributed by atoms with E-state index in [0.717, 1.165) is 24.5 Å². The quantitative estimate of drug-likeness (QED) is 0.560. The Morgan fingerprint density at radius 2 is 2.03 bits per heavy atom. The summed E-state index contributed by atoms with van der Waals surface area (Å²) in [5, 5.41) is 7.50. The SMILES string of the molecule is COC(=O)[C@]1(Cc2ccc3nc([C@@H](N)C4CCC(C)CC4)cn3n2)C(=O)NCCC1C. The Kier molecular flexibility index (Phi) is 6.01. The van der Waals surface area contributed by atoms with Crippen LogP contribution >= 0.6 is 0 Å². The molecule has 3 heterocycles. The Morgan fingerprint density at radius 1 is 1.29 bits per heavy atom. The molecule has 1 unspecified atom stereocenters. The highest BCUT2D eigenvalue weighted by atomic mass is 16.5. The summed E-state index contributed by atoms with van der Waals surface area (Å²) in [4.78, 5) is 30.2. The van der Waals surface area contributed by atoms with Gasteiger partial charge in [-0.1, -0.05) is 26.7 Å². The summed E-state index contributed by atoms with van der Waals surface area (Å²) in [7, 11) is 1.32. The summed E-state index contributed by atoms with van der Waals surface area (Å²) in [6.07, 6.45) is 7.47. The lowest BCUT2D eigenvalue weighted by Crippen LogP contribution is -2.57. The molecule has 8 nitrogen and oxygen atoms in total. The van der Waals surface area contributed by atoms with E-state index in [1.54, 1.807) is 4.52 Å². The number of rotatable bonds is 5. The third-order valence-corrected chi connectivity index (χ3v) is 7.42. The van der Waals surface area contributed by atoms with E-state index in [2.05, 4.69) is 17.3 Å². The van der Waals surface area contributed by atoms with Crippen LogP contribution in [0.2, 0.25) is 0 Å². The van der Waals surface area contributed by atoms with Crippen LogP contribution in [0.1, 0.15) is 63.4 Å². The maximum atomic E-state index is 12.8. The molecule has 0 aromatic carbocycles. The molecule has 0 spiro atoms. The molecule has 1 amide bonds. The van der Waals surface area contributed by atoms with E-state index in [-0.39, 0.29) is 24.3 Å². The first-order chi connectivity index (χ1) is 14.8. The Balaban J connectivity index is 1.60. The van der Waals surface area contributed by atoms with Gasteiger partial charge in [0.15, 0.2) is 11.1 Å². The van der Waals surface area contributed by atoms with Crippen LogP contribution in [0.5, 0.6) is 0 Å². The number of methoxy groups -OCH3 is 1. The smallest absolute Gasteiger partial charge is 0.322 e. The predicted octanol–water partition coefficient (Wildman–Crippen LogP) is 2.41. The number of fused-ring (bicyclic) bond motifs is 1. The minimum absolute atomic E-state index is 0.108. The highest BCUT2D eigenvalue weighted by Crippen LogP contribution is 2.38. The van der Waals surface area contributed by atoms with E-state index in [9.17, 15) is 9.59 Å². The molecule has 2 fully saturated rings. The molecule has 2 aromatic heterocycles. The largest absolute Gasteiger partial charge is 0.468 e. The van der Waals surface area contributed by atoms with Gasteiger partial charge in [0.1, 0.15) is 0 Å². The number of piperidine rings is 1. The van der Waals surface area contributed by atoms with Crippen molar-refractivity contribution >= 4 is 17.5 Å². The van der Waals surface area contributed by atoms with Crippen molar-refractivity contribution in [2.45, 2.75) is 58.4 Å². The van der Waals surface area contributed by atoms with Crippen LogP contribution in [0.25, 0.3) is 5.65 Å². The van der Waals surface area contributed by atoms with Crippen LogP contribution in [0.4, 0.5) is 0 Å². The molecule has 1 saturated heterocycles. The van der Waals surface area contributed by atoms with E-state index >= 15 is 0 Å². The second-order valence-corrected chi connectivity index (χ2v) is 9.42. The number of esters is 1. The molecule has 3 N–H and O–H groups in total. The standard InChI is InChI=1S/C23H33N5O3/c1-14-4-6-16(7-5-14)20(24)18-13-28-19(26-18)9-8-17(27-28)12-23(22(30)31-3)15(2)10-11-25-21(23)29/h8-9,13-16,20H,4-7,10-12,24H2,1-3H3,(H,25,29)/t14?,15?,16?,20-,23-/m0/s1. The van der Waals surface area contributed by atoms with Gasteiger partial charge in [0.05, 0.1) is 30.7 Å². The first-order valence-corrected chi connectivity index (χ1v) is 11.3. The van der Waals surface area contributed by atoms with Crippen LogP contribution in [0, 0.1) is 23.2 Å². The molecule has 2 aliphatic rings. The van der Waals surface area contributed by atoms with E-state index < -0.39 is 11.4 Å². The van der Waals surface area contributed by atoms with Crippen molar-refractivity contribution in [3.8, 4) is 0 Å². The molecular weight excluding hydrogens is 394 g/mol. The fourth-order valence-corrected chi connectivity index (χ4v) is 5.20. The number of imidazole rings is 1. The van der Waals surface area contributed by atoms with Gasteiger partial charge in [0.2, 0.25) is 5.91 Å². The van der Waals surface area contributed by atoms with Crippen LogP contribution in [0.15, 0.2) is 18.3 Å². The van der Waals surface area contributed by atoms with Crippen LogP contribution < -0.4 is 11.1 Å². The van der Waals surface area contributed by atoms with Gasteiger partial charge in [-0.25, -0.2) is 9.50 Å². The van der Waals surface area contributed by atoms with Gasteiger partial charge in [-0.3, -0.25) is 9.59 Å². The van der Waals surface area contributed by atoms with E-state index in [0.29, 0.717) is 30.2 Å². The zero-order valence-electron chi connectivity index (χ0n) is 18.6. The molecule has 0 radical (unpaired) electrons. The van der Waals surface area contributed by atoms with Gasteiger partial charge >= 0.3 is 5.97 Å². The first kappa shape index (κ1) is 21.7. The molecule has 1 saturated carbocycles. The van der Waals surface area contributed by atoms with E-state index in [1.807, 2.05) is 25.3 Å². The minimum Gasteiger partial charge on any atom is -0.468 e. The van der Waals surface area contributed by atoms with Gasteiger partial charge in [0.25, 0.3) is 0 Å². The van der Waals surface area contributed by atoms with Gasteiger partial charge in [-0.15, -0.1) is 0 Å². The maximum absolute atomic E-state index is 12.8. The van der Waals surface area contributed by atoms with Gasteiger partial charge in [0, 0.05) is 13.0 Å². The van der Waals surface area contributed by atoms with Crippen molar-refractivity contribution in [3.63, 3.8) is 0 Å². The number of aromatic nitrogens is 3. The summed E-state index contributed by atoms with van der Waals surface area (Å²) in [6.45, 7) is 4.79. The van der Waals surface area contributed by atoms with Crippen molar-refractivity contribution < 1.29 is 14.3 Å². The van der Waals surface area contributed by atoms with Gasteiger partial charge in [-0.2, -0.15) is 5.10 Å². The van der Waals surface area contributed by atoms with Gasteiger partial charge in [-0.05, 0) is 49.1 Å². The number of carbonyl (C=O) groups is 2. The molecule has 3 atom stereocenters. The Morgan fingerprint density at radius 3 is 2.71 bits per heavy atom. The average molecular weight is 428 g/mol. The number of nitrogens with two attached hydrogens (primary N) is 1. The van der Waals surface area contributed by atoms with Crippen LogP contribution in [-0.2, 0) is 20.7 Å². The Hall–Kier alpha value is -2.48. The molecule has 31 heavy (non-hydrogen) atoms. The molecule has 4 rings (SSSR count). The fraction of sp³-hybridized carbons (Fsp3) is 0.652. The monoisotopic (exact) mass is 427 g/mol. The van der Waals surface area contributed by atoms with E-state index in [1.165, 1.54) is 20.0 Å². The number of nitrogens with zero attached hydrogens (tertiary/aromatic N) is 3. The van der Waals surface area contributed by atoms with Crippen molar-refractivity contribution in [2.24, 2.45) is 28.9 Å². The van der Waals surface area contributed by atoms with Gasteiger partial charge < -0.3 is 15.8 Å². The lowest BCUT2D eigenvalue weighted by Gasteiger charge is -2.38. The third-order valence-electron chi connectivity index (χ3n) is 7.42. The molecule has 2 aromatic rings. The predicted molar refractivity (Wildman–Crippen MR) is 116 cm³/mol. The zero-order valence-corrected chi connectivity index (χ0v) is 18.6. The van der Waals surface area contributed by atoms with Crippen LogP contribution in [0.3, 0.4) is 0 Å². The zero-order chi connectivity index (χ0) is 22.2. The van der Waals surface area contributed by atoms with E-state index in [4.69, 9.17) is 15.5 Å². The normalized spacial score (nSPS) is 30.1. The van der Waals surface area contributed by atoms with Crippen molar-refractivity contribution in [1.82, 2.24) is 19.9 Å². The molecule has 0 bridgehead atoms. The number of hydrogen-bond donors (Lipinski definition) is 2. The summed E-state index contributed by atoms with van der Waals surface area (Å²) in [6, 6.07) is 3.60. The molecular formula is C23H33N5O3. The topological polar surface area (TPSA) is 112 Å². The summed E-state index contributed by atoms with van der Waals surface area (Å²) >= 11 is 0. The average Bonchev–Trinajstić information content (AvgIpc) is 3.19. The second kappa shape index (κ2) is 8.57. The maximum Gasteiger partial charge on any atom is 0.322 e. The number of ether oxygens (including phenoxy) is 1. The van der Waals surface area contributed by atoms with Crippen molar-refractivity contribution in [1.29, 1.82) is 0 Å². The lowest BCUT2D eigenvalue weighted by molar-refractivity contribution is -0.165. The highest BCUT2D eigenvalue weighted by Gasteiger charge is 2.53. The first-order valence-electron chi connectivity index (χ1n) is 11.3. The minimum atomic E-state index is -1.27. The summed E-state index contributed by atoms with van der Waals surface area (Å²) in [5.74, 6) is 0.260.